The number of amides is 1. The molecule has 2 rings (SSSR count). The van der Waals surface area contributed by atoms with Crippen LogP contribution in [-0.2, 0) is 16.4 Å². The molecule has 1 aromatic rings. The highest BCUT2D eigenvalue weighted by Crippen LogP contribution is 2.40. The molecule has 98 valence electrons. The Bertz CT molecular complexity index is 458. The number of hydrogen-bond donors (Lipinski definition) is 1. The maximum Gasteiger partial charge on any atom is 0.416 e. The predicted molar refractivity (Wildman–Crippen MR) is 61.0 cm³/mol. The first-order valence-electron chi connectivity index (χ1n) is 5.76. The molecule has 1 N–H and O–H groups in total. The Morgan fingerprint density at radius 1 is 1.28 bits per heavy atom. The Labute approximate surface area is 103 Å². The van der Waals surface area contributed by atoms with Crippen LogP contribution < -0.4 is 5.32 Å². The molecule has 0 radical (unpaired) electrons. The number of benzene rings is 1. The van der Waals surface area contributed by atoms with Crippen molar-refractivity contribution in [2.75, 3.05) is 6.54 Å². The standard InChI is InChI=1S/C13H14F3NO/c1-12(7-6-11(18)17-8-12)9-4-2-3-5-10(9)13(14,15)16/h2-5H,6-8H2,1H3,(H,17,18). The van der Waals surface area contributed by atoms with Crippen molar-refractivity contribution in [1.82, 2.24) is 5.32 Å². The highest BCUT2D eigenvalue weighted by Gasteiger charge is 2.40. The number of carbonyl (C=O) groups excluding carboxylic acids is 1. The largest absolute Gasteiger partial charge is 0.416 e. The van der Waals surface area contributed by atoms with E-state index in [-0.39, 0.29) is 24.4 Å². The van der Waals surface area contributed by atoms with Gasteiger partial charge in [-0.15, -0.1) is 0 Å². The van der Waals surface area contributed by atoms with Crippen LogP contribution in [0.5, 0.6) is 0 Å². The van der Waals surface area contributed by atoms with E-state index >= 15 is 0 Å². The number of rotatable bonds is 1. The third kappa shape index (κ3) is 2.35. The average Bonchev–Trinajstić information content (AvgIpc) is 2.32. The van der Waals surface area contributed by atoms with E-state index in [0.717, 1.165) is 6.07 Å². The number of nitrogens with one attached hydrogen (secondary N) is 1. The lowest BCUT2D eigenvalue weighted by atomic mass is 9.74. The van der Waals surface area contributed by atoms with Crippen LogP contribution in [0.15, 0.2) is 24.3 Å². The van der Waals surface area contributed by atoms with Gasteiger partial charge in [-0.3, -0.25) is 4.79 Å². The van der Waals surface area contributed by atoms with Crippen LogP contribution in [0.3, 0.4) is 0 Å². The van der Waals surface area contributed by atoms with Gasteiger partial charge in [-0.05, 0) is 18.1 Å². The molecular weight excluding hydrogens is 243 g/mol. The maximum atomic E-state index is 13.0. The fraction of sp³-hybridized carbons (Fsp3) is 0.462. The van der Waals surface area contributed by atoms with Crippen LogP contribution >= 0.6 is 0 Å². The van der Waals surface area contributed by atoms with Gasteiger partial charge in [-0.2, -0.15) is 13.2 Å². The Hall–Kier alpha value is -1.52. The molecule has 1 heterocycles. The molecule has 2 nitrogen and oxygen atoms in total. The van der Waals surface area contributed by atoms with Crippen molar-refractivity contribution in [3.05, 3.63) is 35.4 Å². The number of carbonyl (C=O) groups is 1. The van der Waals surface area contributed by atoms with E-state index in [9.17, 15) is 18.0 Å². The highest BCUT2D eigenvalue weighted by atomic mass is 19.4. The van der Waals surface area contributed by atoms with Crippen molar-refractivity contribution in [3.8, 4) is 0 Å². The zero-order chi connectivity index (χ0) is 13.4. The Morgan fingerprint density at radius 2 is 1.94 bits per heavy atom. The number of hydrogen-bond acceptors (Lipinski definition) is 1. The summed E-state index contributed by atoms with van der Waals surface area (Å²) in [5.74, 6) is -0.100. The van der Waals surface area contributed by atoms with E-state index in [1.165, 1.54) is 12.1 Å². The van der Waals surface area contributed by atoms with Gasteiger partial charge in [0.1, 0.15) is 0 Å². The molecule has 1 saturated heterocycles. The van der Waals surface area contributed by atoms with Gasteiger partial charge in [0, 0.05) is 18.4 Å². The minimum atomic E-state index is -4.36. The summed E-state index contributed by atoms with van der Waals surface area (Å²) in [5, 5.41) is 2.64. The minimum absolute atomic E-state index is 0.100. The summed E-state index contributed by atoms with van der Waals surface area (Å²) in [6.07, 6.45) is -3.66. The van der Waals surface area contributed by atoms with Gasteiger partial charge in [0.25, 0.3) is 0 Å². The van der Waals surface area contributed by atoms with E-state index < -0.39 is 17.2 Å². The third-order valence-electron chi connectivity index (χ3n) is 3.46. The molecule has 1 amide bonds. The van der Waals surface area contributed by atoms with Crippen LogP contribution in [0.4, 0.5) is 13.2 Å². The number of piperidine rings is 1. The first-order valence-corrected chi connectivity index (χ1v) is 5.76. The maximum absolute atomic E-state index is 13.0. The first-order chi connectivity index (χ1) is 8.33. The van der Waals surface area contributed by atoms with Crippen molar-refractivity contribution in [1.29, 1.82) is 0 Å². The number of halogens is 3. The van der Waals surface area contributed by atoms with Gasteiger partial charge in [0.15, 0.2) is 0 Å². The molecule has 0 saturated carbocycles. The topological polar surface area (TPSA) is 29.1 Å². The fourth-order valence-electron chi connectivity index (χ4n) is 2.35. The lowest BCUT2D eigenvalue weighted by Crippen LogP contribution is -2.45. The van der Waals surface area contributed by atoms with E-state index in [2.05, 4.69) is 5.32 Å². The second-order valence-corrected chi connectivity index (χ2v) is 4.88. The molecule has 1 unspecified atom stereocenters. The minimum Gasteiger partial charge on any atom is -0.355 e. The molecule has 0 aliphatic carbocycles. The molecule has 1 aromatic carbocycles. The molecule has 1 aliphatic rings. The van der Waals surface area contributed by atoms with E-state index in [0.29, 0.717) is 6.42 Å². The van der Waals surface area contributed by atoms with Crippen molar-refractivity contribution < 1.29 is 18.0 Å². The zero-order valence-corrected chi connectivity index (χ0v) is 9.97. The van der Waals surface area contributed by atoms with E-state index in [1.807, 2.05) is 0 Å². The summed E-state index contributed by atoms with van der Waals surface area (Å²) in [7, 11) is 0. The van der Waals surface area contributed by atoms with Crippen LogP contribution in [-0.4, -0.2) is 12.5 Å². The number of alkyl halides is 3. The predicted octanol–water partition coefficient (Wildman–Crippen LogP) is 2.87. The molecule has 1 fully saturated rings. The van der Waals surface area contributed by atoms with Gasteiger partial charge in [-0.25, -0.2) is 0 Å². The molecular formula is C13H14F3NO. The molecule has 18 heavy (non-hydrogen) atoms. The normalized spacial score (nSPS) is 24.8. The van der Waals surface area contributed by atoms with Gasteiger partial charge in [0.05, 0.1) is 5.56 Å². The van der Waals surface area contributed by atoms with Crippen molar-refractivity contribution in [3.63, 3.8) is 0 Å². The molecule has 1 atom stereocenters. The second-order valence-electron chi connectivity index (χ2n) is 4.88. The molecule has 1 aliphatic heterocycles. The Morgan fingerprint density at radius 3 is 2.50 bits per heavy atom. The summed E-state index contributed by atoms with van der Waals surface area (Å²) < 4.78 is 38.9. The van der Waals surface area contributed by atoms with Crippen LogP contribution in [0.2, 0.25) is 0 Å². The van der Waals surface area contributed by atoms with Crippen molar-refractivity contribution in [2.24, 2.45) is 0 Å². The third-order valence-corrected chi connectivity index (χ3v) is 3.46. The smallest absolute Gasteiger partial charge is 0.355 e. The lowest BCUT2D eigenvalue weighted by molar-refractivity contribution is -0.138. The molecule has 0 aromatic heterocycles. The summed E-state index contributed by atoms with van der Waals surface area (Å²) in [6.45, 7) is 2.01. The fourth-order valence-corrected chi connectivity index (χ4v) is 2.35. The van der Waals surface area contributed by atoms with Crippen LogP contribution in [0.25, 0.3) is 0 Å². The van der Waals surface area contributed by atoms with E-state index in [1.54, 1.807) is 13.0 Å². The van der Waals surface area contributed by atoms with Gasteiger partial charge >= 0.3 is 6.18 Å². The summed E-state index contributed by atoms with van der Waals surface area (Å²) in [4.78, 5) is 11.1. The molecule has 0 bridgehead atoms. The highest BCUT2D eigenvalue weighted by molar-refractivity contribution is 5.77. The van der Waals surface area contributed by atoms with Crippen molar-refractivity contribution >= 4 is 5.91 Å². The van der Waals surface area contributed by atoms with Crippen LogP contribution in [0, 0.1) is 0 Å². The first kappa shape index (κ1) is 12.9. The average molecular weight is 257 g/mol. The van der Waals surface area contributed by atoms with Crippen LogP contribution in [0.1, 0.15) is 30.9 Å². The quantitative estimate of drug-likeness (QED) is 0.823. The SMILES string of the molecule is CC1(c2ccccc2C(F)(F)F)CCC(=O)NC1. The second kappa shape index (κ2) is 4.30. The van der Waals surface area contributed by atoms with E-state index in [4.69, 9.17) is 0 Å². The summed E-state index contributed by atoms with van der Waals surface area (Å²) in [6, 6.07) is 5.58. The van der Waals surface area contributed by atoms with Crippen molar-refractivity contribution in [2.45, 2.75) is 31.4 Å². The summed E-state index contributed by atoms with van der Waals surface area (Å²) >= 11 is 0. The van der Waals surface area contributed by atoms with Gasteiger partial charge < -0.3 is 5.32 Å². The van der Waals surface area contributed by atoms with Gasteiger partial charge in [-0.1, -0.05) is 25.1 Å². The Balaban J connectivity index is 2.42. The molecule has 0 spiro atoms. The lowest BCUT2D eigenvalue weighted by Gasteiger charge is -2.35. The zero-order valence-electron chi connectivity index (χ0n) is 9.97. The van der Waals surface area contributed by atoms with Gasteiger partial charge in [0.2, 0.25) is 5.91 Å². The monoisotopic (exact) mass is 257 g/mol. The summed E-state index contributed by atoms with van der Waals surface area (Å²) in [5.41, 5.74) is -0.999. The molecule has 5 heteroatoms. The Kier molecular flexibility index (Phi) is 3.09.